The van der Waals surface area contributed by atoms with Crippen LogP contribution in [0.25, 0.3) is 0 Å². The molecule has 15 atom stereocenters. The molecule has 18 heteroatoms. The summed E-state index contributed by atoms with van der Waals surface area (Å²) in [5.74, 6) is -0.627. The third kappa shape index (κ3) is 15.5. The molecule has 59 heavy (non-hydrogen) atoms. The Morgan fingerprint density at radius 3 is 1.64 bits per heavy atom. The first-order valence-corrected chi connectivity index (χ1v) is 22.3. The van der Waals surface area contributed by atoms with E-state index in [1.807, 2.05) is 0 Å². The summed E-state index contributed by atoms with van der Waals surface area (Å²) in [4.78, 5) is 11.9. The third-order valence-electron chi connectivity index (χ3n) is 11.3. The number of benzene rings is 1. The second-order valence-corrected chi connectivity index (χ2v) is 17.2. The van der Waals surface area contributed by atoms with Gasteiger partial charge in [-0.1, -0.05) is 82.8 Å². The molecular formula is C41H68INO16. The van der Waals surface area contributed by atoms with Gasteiger partial charge in [0.1, 0.15) is 73.2 Å². The minimum atomic E-state index is -1.80. The van der Waals surface area contributed by atoms with Crippen molar-refractivity contribution < 1.29 is 79.2 Å². The fourth-order valence-corrected chi connectivity index (χ4v) is 8.04. The SMILES string of the molecule is CC(=O)N[C@H]1[C@H](O[C@@H]2[C@@H](OC[C@H]3O[C@@H](OCCCCCCCCCCCCCCCc4ccc([125I])cc4)[C@H](O)[C@@H](O)[C@@H]3O)O[C@H](CO)[C@@H](O)[C@@H]2O)O[C@H](CO)[C@@H](O)[C@@H]1O. The Morgan fingerprint density at radius 2 is 1.08 bits per heavy atom. The normalized spacial score (nSPS) is 35.1. The predicted octanol–water partition coefficient (Wildman–Crippen LogP) is 0.514. The topological polar surface area (TPSA) is 267 Å². The summed E-state index contributed by atoms with van der Waals surface area (Å²) in [5, 5.41) is 96.6. The second kappa shape index (κ2) is 26.4. The number of aryl methyl sites for hydroxylation is 1. The van der Waals surface area contributed by atoms with Crippen molar-refractivity contribution in [3.8, 4) is 0 Å². The average Bonchev–Trinajstić information content (AvgIpc) is 3.22. The van der Waals surface area contributed by atoms with Gasteiger partial charge in [-0.25, -0.2) is 0 Å². The van der Waals surface area contributed by atoms with Crippen LogP contribution < -0.4 is 5.32 Å². The maximum atomic E-state index is 11.9. The summed E-state index contributed by atoms with van der Waals surface area (Å²) in [6, 6.07) is 7.38. The molecule has 3 fully saturated rings. The van der Waals surface area contributed by atoms with Crippen LogP contribution in [0.2, 0.25) is 0 Å². The van der Waals surface area contributed by atoms with Crippen LogP contribution in [0.4, 0.5) is 0 Å². The number of carbonyl (C=O) groups excluding carboxylic acids is 1. The van der Waals surface area contributed by atoms with Gasteiger partial charge in [0.2, 0.25) is 5.91 Å². The standard InChI is InChI=1S/C41H68INO16/c1-24(46)43-30-34(50)31(47)27(21-44)56-39(30)59-38-36(52)32(48)28(22-45)57-41(38)55-23-29-33(49)35(51)37(53)40(58-29)54-20-14-12-10-8-6-4-2-3-5-7-9-11-13-15-25-16-18-26(42)19-17-25/h16-19,27-41,44-45,47-53H,2-15,20-23H2,1H3,(H,43,46)/t27-,28-,29-,30-,31-,32-,33-,34-,35+,36+,37-,38+,39+,40-,41+/m1/s1/i42-2. The lowest BCUT2D eigenvalue weighted by molar-refractivity contribution is -0.363. The number of aliphatic hydroxyl groups is 9. The first-order valence-electron chi connectivity index (χ1n) is 21.2. The lowest BCUT2D eigenvalue weighted by Gasteiger charge is -2.47. The number of hydrogen-bond acceptors (Lipinski definition) is 16. The molecule has 1 aromatic rings. The molecule has 0 spiro atoms. The third-order valence-corrected chi connectivity index (χ3v) is 12.0. The van der Waals surface area contributed by atoms with Crippen LogP contribution >= 0.6 is 22.6 Å². The number of unbranched alkanes of at least 4 members (excludes halogenated alkanes) is 12. The highest BCUT2D eigenvalue weighted by molar-refractivity contribution is 14.1. The van der Waals surface area contributed by atoms with Crippen molar-refractivity contribution in [2.24, 2.45) is 0 Å². The Bertz CT molecular complexity index is 1320. The van der Waals surface area contributed by atoms with Crippen molar-refractivity contribution in [2.45, 2.75) is 189 Å². The minimum absolute atomic E-state index is 0.235. The zero-order valence-corrected chi connectivity index (χ0v) is 36.1. The van der Waals surface area contributed by atoms with E-state index in [0.29, 0.717) is 6.42 Å². The molecule has 0 aromatic heterocycles. The molecule has 3 saturated heterocycles. The summed E-state index contributed by atoms with van der Waals surface area (Å²) >= 11 is 2.34. The number of rotatable bonds is 25. The van der Waals surface area contributed by atoms with E-state index >= 15 is 0 Å². The number of ether oxygens (including phenoxy) is 6. The first kappa shape index (κ1) is 50.5. The van der Waals surface area contributed by atoms with Crippen molar-refractivity contribution in [3.05, 3.63) is 33.4 Å². The quantitative estimate of drug-likeness (QED) is 0.0473. The maximum absolute atomic E-state index is 11.9. The second-order valence-electron chi connectivity index (χ2n) is 15.9. The van der Waals surface area contributed by atoms with Crippen molar-refractivity contribution in [1.29, 1.82) is 0 Å². The molecule has 3 aliphatic rings. The van der Waals surface area contributed by atoms with E-state index < -0.39 is 118 Å². The first-order chi connectivity index (χ1) is 28.4. The number of hydrogen-bond donors (Lipinski definition) is 10. The molecule has 0 saturated carbocycles. The van der Waals surface area contributed by atoms with E-state index in [1.165, 1.54) is 66.9 Å². The van der Waals surface area contributed by atoms with Crippen LogP contribution in [0.1, 0.15) is 96.0 Å². The molecule has 0 aliphatic carbocycles. The summed E-state index contributed by atoms with van der Waals surface area (Å²) < 4.78 is 35.8. The molecule has 1 aromatic carbocycles. The Labute approximate surface area is 360 Å². The van der Waals surface area contributed by atoms with Crippen LogP contribution in [0.15, 0.2) is 24.3 Å². The zero-order valence-electron chi connectivity index (χ0n) is 34.0. The van der Waals surface area contributed by atoms with Crippen LogP contribution in [-0.2, 0) is 39.6 Å². The number of halogens is 1. The van der Waals surface area contributed by atoms with Gasteiger partial charge in [0.25, 0.3) is 0 Å². The fraction of sp³-hybridized carbons (Fsp3) is 0.829. The largest absolute Gasteiger partial charge is 0.394 e. The van der Waals surface area contributed by atoms with E-state index in [4.69, 9.17) is 28.4 Å². The molecule has 0 radical (unpaired) electrons. The lowest BCUT2D eigenvalue weighted by atomic mass is 9.95. The van der Waals surface area contributed by atoms with Gasteiger partial charge in [-0.15, -0.1) is 0 Å². The van der Waals surface area contributed by atoms with Crippen molar-refractivity contribution >= 4 is 28.5 Å². The number of aliphatic hydroxyl groups excluding tert-OH is 9. The lowest BCUT2D eigenvalue weighted by Crippen LogP contribution is -2.67. The fourth-order valence-electron chi connectivity index (χ4n) is 7.68. The van der Waals surface area contributed by atoms with E-state index in [9.17, 15) is 50.8 Å². The van der Waals surface area contributed by atoms with Gasteiger partial charge in [0, 0.05) is 17.1 Å². The molecule has 4 rings (SSSR count). The zero-order chi connectivity index (χ0) is 42.9. The van der Waals surface area contributed by atoms with Gasteiger partial charge < -0.3 is 79.7 Å². The Balaban J connectivity index is 1.15. The molecular weight excluding hydrogens is 887 g/mol. The van der Waals surface area contributed by atoms with Crippen molar-refractivity contribution in [1.82, 2.24) is 5.32 Å². The Morgan fingerprint density at radius 1 is 0.593 bits per heavy atom. The molecule has 0 bridgehead atoms. The molecule has 3 aliphatic heterocycles. The highest BCUT2D eigenvalue weighted by atomic mass is 125. The Hall–Kier alpha value is -1.18. The van der Waals surface area contributed by atoms with Gasteiger partial charge in [0.05, 0.1) is 19.8 Å². The molecule has 340 valence electrons. The highest BCUT2D eigenvalue weighted by Crippen LogP contribution is 2.31. The highest BCUT2D eigenvalue weighted by Gasteiger charge is 2.52. The Kier molecular flexibility index (Phi) is 22.6. The van der Waals surface area contributed by atoms with Gasteiger partial charge in [0.15, 0.2) is 18.9 Å². The van der Waals surface area contributed by atoms with Crippen LogP contribution in [0.5, 0.6) is 0 Å². The van der Waals surface area contributed by atoms with E-state index in [0.717, 1.165) is 32.6 Å². The summed E-state index contributed by atoms with van der Waals surface area (Å²) in [7, 11) is 0. The van der Waals surface area contributed by atoms with Crippen molar-refractivity contribution in [2.75, 3.05) is 26.4 Å². The smallest absolute Gasteiger partial charge is 0.217 e. The number of nitrogens with one attached hydrogen (secondary N) is 1. The minimum Gasteiger partial charge on any atom is -0.394 e. The van der Waals surface area contributed by atoms with Gasteiger partial charge in [-0.2, -0.15) is 0 Å². The van der Waals surface area contributed by atoms with Crippen molar-refractivity contribution in [3.63, 3.8) is 0 Å². The molecule has 0 unspecified atom stereocenters. The number of carbonyl (C=O) groups is 1. The van der Waals surface area contributed by atoms with Gasteiger partial charge in [-0.05, 0) is 59.5 Å². The molecule has 1 amide bonds. The molecule has 3 heterocycles. The van der Waals surface area contributed by atoms with Crippen LogP contribution in [0.3, 0.4) is 0 Å². The van der Waals surface area contributed by atoms with Gasteiger partial charge >= 0.3 is 0 Å². The molecule has 17 nitrogen and oxygen atoms in total. The summed E-state index contributed by atoms with van der Waals surface area (Å²) in [6.45, 7) is -0.622. The predicted molar refractivity (Wildman–Crippen MR) is 219 cm³/mol. The monoisotopic (exact) mass is 955 g/mol. The van der Waals surface area contributed by atoms with E-state index in [2.05, 4.69) is 52.2 Å². The van der Waals surface area contributed by atoms with Crippen LogP contribution in [-0.4, -0.2) is 170 Å². The molecule has 10 N–H and O–H groups in total. The summed E-state index contributed by atoms with van der Waals surface area (Å²) in [5.41, 5.74) is 1.42. The maximum Gasteiger partial charge on any atom is 0.217 e. The average molecular weight is 956 g/mol. The number of amides is 1. The van der Waals surface area contributed by atoms with Crippen LogP contribution in [0, 0.1) is 3.57 Å². The van der Waals surface area contributed by atoms with Gasteiger partial charge in [-0.3, -0.25) is 4.79 Å². The van der Waals surface area contributed by atoms with E-state index in [1.54, 1.807) is 0 Å². The summed E-state index contributed by atoms with van der Waals surface area (Å²) in [6.07, 6.45) is -5.55. The van der Waals surface area contributed by atoms with E-state index in [-0.39, 0.29) is 6.61 Å².